The topological polar surface area (TPSA) is 72.2 Å². The molecule has 0 radical (unpaired) electrons. The van der Waals surface area contributed by atoms with Gasteiger partial charge in [-0.05, 0) is 18.2 Å². The second-order valence-electron chi connectivity index (χ2n) is 3.76. The van der Waals surface area contributed by atoms with Gasteiger partial charge >= 0.3 is 5.97 Å². The number of hydrogen-bond donors (Lipinski definition) is 1. The maximum atomic E-state index is 13.6. The number of carbonyl (C=O) groups is 1. The lowest BCUT2D eigenvalue weighted by Gasteiger charge is -2.06. The van der Waals surface area contributed by atoms with Crippen molar-refractivity contribution in [2.75, 3.05) is 0 Å². The third kappa shape index (κ3) is 2.97. The molecule has 2 rings (SSSR count). The molecule has 1 aromatic heterocycles. The number of aromatic nitrogens is 2. The van der Waals surface area contributed by atoms with Crippen LogP contribution in [0.1, 0.15) is 16.1 Å². The molecule has 1 N–H and O–H groups in total. The third-order valence-electron chi connectivity index (χ3n) is 2.42. The molecular formula is C12H8ClFN2O3. The summed E-state index contributed by atoms with van der Waals surface area (Å²) in [6.45, 7) is -0.164. The van der Waals surface area contributed by atoms with Crippen LogP contribution >= 0.6 is 11.6 Å². The van der Waals surface area contributed by atoms with Crippen molar-refractivity contribution in [3.63, 3.8) is 0 Å². The number of carboxylic acid groups (broad SMARTS) is 1. The first-order valence-electron chi connectivity index (χ1n) is 5.23. The second-order valence-corrected chi connectivity index (χ2v) is 4.19. The molecule has 19 heavy (non-hydrogen) atoms. The molecule has 98 valence electrons. The van der Waals surface area contributed by atoms with Gasteiger partial charge in [-0.1, -0.05) is 17.7 Å². The number of nitrogens with zero attached hydrogens (tertiary/aromatic N) is 2. The van der Waals surface area contributed by atoms with Crippen LogP contribution in [0.3, 0.4) is 0 Å². The van der Waals surface area contributed by atoms with Crippen molar-refractivity contribution in [1.29, 1.82) is 0 Å². The lowest BCUT2D eigenvalue weighted by atomic mass is 10.2. The Morgan fingerprint density at radius 1 is 1.37 bits per heavy atom. The van der Waals surface area contributed by atoms with Crippen LogP contribution in [-0.4, -0.2) is 20.9 Å². The largest absolute Gasteiger partial charge is 0.476 e. The minimum absolute atomic E-state index is 0.164. The Bertz CT molecular complexity index is 700. The molecule has 7 heteroatoms. The van der Waals surface area contributed by atoms with Gasteiger partial charge in [0.25, 0.3) is 5.56 Å². The zero-order valence-electron chi connectivity index (χ0n) is 9.51. The van der Waals surface area contributed by atoms with Gasteiger partial charge in [-0.25, -0.2) is 13.9 Å². The SMILES string of the molecule is O=C(O)c1ccc(=O)n(Cc2ccc(Cl)cc2F)n1. The highest BCUT2D eigenvalue weighted by atomic mass is 35.5. The van der Waals surface area contributed by atoms with Gasteiger partial charge in [-0.2, -0.15) is 5.10 Å². The zero-order chi connectivity index (χ0) is 14.0. The summed E-state index contributed by atoms with van der Waals surface area (Å²) < 4.78 is 14.5. The zero-order valence-corrected chi connectivity index (χ0v) is 10.3. The number of benzene rings is 1. The van der Waals surface area contributed by atoms with Crippen LogP contribution < -0.4 is 5.56 Å². The van der Waals surface area contributed by atoms with Gasteiger partial charge in [-0.15, -0.1) is 0 Å². The summed E-state index contributed by atoms with van der Waals surface area (Å²) in [6, 6.07) is 6.18. The van der Waals surface area contributed by atoms with E-state index in [1.165, 1.54) is 12.1 Å². The molecule has 5 nitrogen and oxygen atoms in total. The summed E-state index contributed by atoms with van der Waals surface area (Å²) in [4.78, 5) is 22.3. The number of aromatic carboxylic acids is 1. The summed E-state index contributed by atoms with van der Waals surface area (Å²) in [6.07, 6.45) is 0. The first-order chi connectivity index (χ1) is 8.97. The predicted octanol–water partition coefficient (Wildman–Crippen LogP) is 1.78. The summed E-state index contributed by atoms with van der Waals surface area (Å²) in [5.74, 6) is -1.84. The molecule has 0 aliphatic rings. The normalized spacial score (nSPS) is 10.4. The Morgan fingerprint density at radius 3 is 2.74 bits per heavy atom. The Morgan fingerprint density at radius 2 is 2.11 bits per heavy atom. The van der Waals surface area contributed by atoms with E-state index in [-0.39, 0.29) is 22.8 Å². The molecule has 0 saturated heterocycles. The highest BCUT2D eigenvalue weighted by Crippen LogP contribution is 2.14. The first-order valence-corrected chi connectivity index (χ1v) is 5.60. The van der Waals surface area contributed by atoms with Crippen LogP contribution in [0.4, 0.5) is 4.39 Å². The second kappa shape index (κ2) is 5.19. The van der Waals surface area contributed by atoms with E-state index in [9.17, 15) is 14.0 Å². The number of hydrogen-bond acceptors (Lipinski definition) is 3. The third-order valence-corrected chi connectivity index (χ3v) is 2.66. The lowest BCUT2D eigenvalue weighted by molar-refractivity contribution is 0.0687. The molecule has 2 aromatic rings. The van der Waals surface area contributed by atoms with E-state index in [1.807, 2.05) is 0 Å². The predicted molar refractivity (Wildman–Crippen MR) is 66.0 cm³/mol. The highest BCUT2D eigenvalue weighted by Gasteiger charge is 2.10. The fourth-order valence-corrected chi connectivity index (χ4v) is 1.65. The Balaban J connectivity index is 2.40. The summed E-state index contributed by atoms with van der Waals surface area (Å²) in [7, 11) is 0. The fraction of sp³-hybridized carbons (Fsp3) is 0.0833. The quantitative estimate of drug-likeness (QED) is 0.931. The van der Waals surface area contributed by atoms with Crippen LogP contribution in [0.2, 0.25) is 5.02 Å². The summed E-state index contributed by atoms with van der Waals surface area (Å²) >= 11 is 5.62. The van der Waals surface area contributed by atoms with Crippen LogP contribution in [0.15, 0.2) is 35.1 Å². The van der Waals surface area contributed by atoms with E-state index >= 15 is 0 Å². The summed E-state index contributed by atoms with van der Waals surface area (Å²) in [5, 5.41) is 12.7. The van der Waals surface area contributed by atoms with Crippen LogP contribution in [-0.2, 0) is 6.54 Å². The molecule has 1 heterocycles. The molecule has 0 aliphatic carbocycles. The van der Waals surface area contributed by atoms with Crippen molar-refractivity contribution in [2.24, 2.45) is 0 Å². The van der Waals surface area contributed by atoms with Crippen molar-refractivity contribution in [1.82, 2.24) is 9.78 Å². The molecule has 0 spiro atoms. The fourth-order valence-electron chi connectivity index (χ4n) is 1.49. The van der Waals surface area contributed by atoms with E-state index in [1.54, 1.807) is 0 Å². The van der Waals surface area contributed by atoms with Crippen molar-refractivity contribution < 1.29 is 14.3 Å². The molecular weight excluding hydrogens is 275 g/mol. The smallest absolute Gasteiger partial charge is 0.356 e. The molecule has 0 saturated carbocycles. The van der Waals surface area contributed by atoms with Crippen molar-refractivity contribution in [3.8, 4) is 0 Å². The number of carboxylic acids is 1. The minimum atomic E-state index is -1.26. The Labute approximate surface area is 111 Å². The average molecular weight is 283 g/mol. The van der Waals surface area contributed by atoms with Crippen LogP contribution in [0, 0.1) is 5.82 Å². The maximum absolute atomic E-state index is 13.6. The van der Waals surface area contributed by atoms with Crippen molar-refractivity contribution in [2.45, 2.75) is 6.54 Å². The minimum Gasteiger partial charge on any atom is -0.476 e. The maximum Gasteiger partial charge on any atom is 0.356 e. The molecule has 0 amide bonds. The number of rotatable bonds is 3. The van der Waals surface area contributed by atoms with Crippen LogP contribution in [0.25, 0.3) is 0 Å². The number of halogens is 2. The van der Waals surface area contributed by atoms with Gasteiger partial charge < -0.3 is 5.11 Å². The van der Waals surface area contributed by atoms with Gasteiger partial charge in [0.15, 0.2) is 5.69 Å². The van der Waals surface area contributed by atoms with Gasteiger partial charge in [0.2, 0.25) is 0 Å². The molecule has 0 bridgehead atoms. The molecule has 0 aliphatic heterocycles. The first kappa shape index (κ1) is 13.2. The molecule has 1 aromatic carbocycles. The van der Waals surface area contributed by atoms with Crippen molar-refractivity contribution in [3.05, 3.63) is 62.8 Å². The Hall–Kier alpha value is -2.21. The average Bonchev–Trinajstić information content (AvgIpc) is 2.34. The van der Waals surface area contributed by atoms with Crippen LogP contribution in [0.5, 0.6) is 0 Å². The van der Waals surface area contributed by atoms with Gasteiger partial charge in [0.05, 0.1) is 6.54 Å². The van der Waals surface area contributed by atoms with E-state index < -0.39 is 17.3 Å². The summed E-state index contributed by atoms with van der Waals surface area (Å²) in [5.41, 5.74) is -0.602. The Kier molecular flexibility index (Phi) is 3.62. The van der Waals surface area contributed by atoms with E-state index in [0.29, 0.717) is 0 Å². The monoisotopic (exact) mass is 282 g/mol. The van der Waals surface area contributed by atoms with Crippen molar-refractivity contribution >= 4 is 17.6 Å². The highest BCUT2D eigenvalue weighted by molar-refractivity contribution is 6.30. The molecule has 0 atom stereocenters. The molecule has 0 fully saturated rings. The van der Waals surface area contributed by atoms with Gasteiger partial charge in [0.1, 0.15) is 5.82 Å². The lowest BCUT2D eigenvalue weighted by Crippen LogP contribution is -2.25. The van der Waals surface area contributed by atoms with E-state index in [4.69, 9.17) is 16.7 Å². The molecule has 0 unspecified atom stereocenters. The van der Waals surface area contributed by atoms with E-state index in [2.05, 4.69) is 5.10 Å². The van der Waals surface area contributed by atoms with E-state index in [0.717, 1.165) is 22.9 Å². The van der Waals surface area contributed by atoms with Gasteiger partial charge in [0, 0.05) is 16.7 Å². The van der Waals surface area contributed by atoms with Gasteiger partial charge in [-0.3, -0.25) is 4.79 Å². The standard InChI is InChI=1S/C12H8ClFN2O3/c13-8-2-1-7(9(14)5-8)6-16-11(17)4-3-10(15-16)12(18)19/h1-5H,6H2,(H,18,19).